The molecule has 104 valence electrons. The quantitative estimate of drug-likeness (QED) is 0.784. The molecule has 4 rings (SSSR count). The average Bonchev–Trinajstić information content (AvgIpc) is 2.80. The monoisotopic (exact) mass is 269 g/mol. The zero-order valence-corrected chi connectivity index (χ0v) is 11.8. The van der Waals surface area contributed by atoms with Gasteiger partial charge in [0.2, 0.25) is 0 Å². The number of aryl methyl sites for hydroxylation is 2. The molecular formula is C17H19NO2. The van der Waals surface area contributed by atoms with Crippen LogP contribution in [0.5, 0.6) is 0 Å². The summed E-state index contributed by atoms with van der Waals surface area (Å²) in [6.07, 6.45) is 7.49. The summed E-state index contributed by atoms with van der Waals surface area (Å²) in [6, 6.07) is 6.51. The Bertz CT molecular complexity index is 694. The van der Waals surface area contributed by atoms with E-state index in [0.717, 1.165) is 32.2 Å². The van der Waals surface area contributed by atoms with Crippen molar-refractivity contribution < 1.29 is 9.53 Å². The smallest absolute Gasteiger partial charge is 0.316 e. The van der Waals surface area contributed by atoms with Crippen molar-refractivity contribution in [1.82, 2.24) is 4.57 Å². The molecule has 0 N–H and O–H groups in total. The van der Waals surface area contributed by atoms with Crippen LogP contribution >= 0.6 is 0 Å². The lowest BCUT2D eigenvalue weighted by Crippen LogP contribution is -2.43. The van der Waals surface area contributed by atoms with Crippen molar-refractivity contribution in [1.29, 1.82) is 0 Å². The molecule has 0 bridgehead atoms. The number of hydrogen-bond donors (Lipinski definition) is 0. The van der Waals surface area contributed by atoms with E-state index in [1.54, 1.807) is 0 Å². The van der Waals surface area contributed by atoms with E-state index in [1.807, 2.05) is 0 Å². The zero-order chi connectivity index (χ0) is 13.7. The van der Waals surface area contributed by atoms with E-state index in [-0.39, 0.29) is 11.4 Å². The van der Waals surface area contributed by atoms with Gasteiger partial charge < -0.3 is 9.30 Å². The molecule has 0 saturated heterocycles. The summed E-state index contributed by atoms with van der Waals surface area (Å²) in [6.45, 7) is 1.06. The van der Waals surface area contributed by atoms with E-state index in [0.29, 0.717) is 0 Å². The standard InChI is InChI=1S/C17H19NO2/c1-20-16(19)17(8-4-9-17)14-11-18-10-3-6-12-5-2-7-13(14)15(12)18/h2,5,7,11H,3-4,6,8-10H2,1H3. The third kappa shape index (κ3) is 1.38. The van der Waals surface area contributed by atoms with E-state index >= 15 is 0 Å². The molecule has 2 heterocycles. The first kappa shape index (κ1) is 12.0. The number of carbonyl (C=O) groups is 1. The van der Waals surface area contributed by atoms with Crippen LogP contribution in [0.3, 0.4) is 0 Å². The van der Waals surface area contributed by atoms with Gasteiger partial charge in [0, 0.05) is 18.1 Å². The Morgan fingerprint density at radius 1 is 1.30 bits per heavy atom. The van der Waals surface area contributed by atoms with E-state index in [2.05, 4.69) is 29.0 Å². The van der Waals surface area contributed by atoms with Gasteiger partial charge in [-0.3, -0.25) is 4.79 Å². The van der Waals surface area contributed by atoms with Gasteiger partial charge in [0.25, 0.3) is 0 Å². The molecule has 2 aromatic rings. The van der Waals surface area contributed by atoms with E-state index in [9.17, 15) is 4.79 Å². The molecule has 2 aliphatic rings. The summed E-state index contributed by atoms with van der Waals surface area (Å²) >= 11 is 0. The largest absolute Gasteiger partial charge is 0.468 e. The van der Waals surface area contributed by atoms with E-state index < -0.39 is 0 Å². The zero-order valence-electron chi connectivity index (χ0n) is 11.8. The van der Waals surface area contributed by atoms with Crippen LogP contribution in [0.4, 0.5) is 0 Å². The molecule has 0 unspecified atom stereocenters. The lowest BCUT2D eigenvalue weighted by molar-refractivity contribution is -0.151. The van der Waals surface area contributed by atoms with Crippen LogP contribution < -0.4 is 0 Å². The summed E-state index contributed by atoms with van der Waals surface area (Å²) in [5.41, 5.74) is 3.55. The first-order valence-electron chi connectivity index (χ1n) is 7.46. The fourth-order valence-corrected chi connectivity index (χ4v) is 3.95. The fourth-order valence-electron chi connectivity index (χ4n) is 3.95. The maximum atomic E-state index is 12.3. The Labute approximate surface area is 118 Å². The molecule has 1 aliphatic heterocycles. The summed E-state index contributed by atoms with van der Waals surface area (Å²) in [4.78, 5) is 12.3. The maximum absolute atomic E-state index is 12.3. The molecule has 1 aliphatic carbocycles. The van der Waals surface area contributed by atoms with Crippen LogP contribution in [0.1, 0.15) is 36.8 Å². The molecule has 3 heteroatoms. The number of benzene rings is 1. The second-order valence-electron chi connectivity index (χ2n) is 6.08. The molecular weight excluding hydrogens is 250 g/mol. The lowest BCUT2D eigenvalue weighted by Gasteiger charge is -2.38. The number of nitrogens with zero attached hydrogens (tertiary/aromatic N) is 1. The highest BCUT2D eigenvalue weighted by molar-refractivity contribution is 5.95. The van der Waals surface area contributed by atoms with Gasteiger partial charge in [-0.1, -0.05) is 24.6 Å². The molecule has 1 fully saturated rings. The van der Waals surface area contributed by atoms with Crippen LogP contribution in [0.15, 0.2) is 24.4 Å². The summed E-state index contributed by atoms with van der Waals surface area (Å²) in [5, 5.41) is 1.26. The second kappa shape index (κ2) is 4.11. The maximum Gasteiger partial charge on any atom is 0.316 e. The van der Waals surface area contributed by atoms with Gasteiger partial charge in [0.1, 0.15) is 0 Å². The van der Waals surface area contributed by atoms with Crippen LogP contribution in [0.25, 0.3) is 10.9 Å². The molecule has 1 aromatic heterocycles. The molecule has 1 saturated carbocycles. The minimum absolute atomic E-state index is 0.0625. The Morgan fingerprint density at radius 2 is 2.15 bits per heavy atom. The molecule has 3 nitrogen and oxygen atoms in total. The number of methoxy groups -OCH3 is 1. The van der Waals surface area contributed by atoms with Gasteiger partial charge >= 0.3 is 5.97 Å². The van der Waals surface area contributed by atoms with Crippen LogP contribution in [-0.4, -0.2) is 17.6 Å². The fraction of sp³-hybridized carbons (Fsp3) is 0.471. The Morgan fingerprint density at radius 3 is 2.85 bits per heavy atom. The second-order valence-corrected chi connectivity index (χ2v) is 6.08. The van der Waals surface area contributed by atoms with Crippen molar-refractivity contribution in [3.8, 4) is 0 Å². The lowest BCUT2D eigenvalue weighted by atomic mass is 9.64. The predicted molar refractivity (Wildman–Crippen MR) is 77.8 cm³/mol. The Balaban J connectivity index is 1.97. The average molecular weight is 269 g/mol. The van der Waals surface area contributed by atoms with Crippen molar-refractivity contribution in [2.45, 2.75) is 44.1 Å². The van der Waals surface area contributed by atoms with Crippen molar-refractivity contribution in [3.05, 3.63) is 35.5 Å². The van der Waals surface area contributed by atoms with Gasteiger partial charge in [0.15, 0.2) is 0 Å². The van der Waals surface area contributed by atoms with Crippen molar-refractivity contribution in [2.24, 2.45) is 0 Å². The number of rotatable bonds is 2. The number of hydrogen-bond acceptors (Lipinski definition) is 2. The molecule has 0 atom stereocenters. The molecule has 1 aromatic carbocycles. The highest BCUT2D eigenvalue weighted by atomic mass is 16.5. The normalized spacial score (nSPS) is 19.6. The van der Waals surface area contributed by atoms with Gasteiger partial charge in [-0.05, 0) is 36.8 Å². The highest BCUT2D eigenvalue weighted by Crippen LogP contribution is 2.48. The number of para-hydroxylation sites is 1. The molecule has 0 amide bonds. The summed E-state index contributed by atoms with van der Waals surface area (Å²) < 4.78 is 7.44. The van der Waals surface area contributed by atoms with Crippen LogP contribution in [0, 0.1) is 0 Å². The van der Waals surface area contributed by atoms with Gasteiger partial charge in [-0.2, -0.15) is 0 Å². The first-order valence-corrected chi connectivity index (χ1v) is 7.46. The topological polar surface area (TPSA) is 31.2 Å². The van der Waals surface area contributed by atoms with Crippen molar-refractivity contribution in [3.63, 3.8) is 0 Å². The third-order valence-corrected chi connectivity index (χ3v) is 5.13. The van der Waals surface area contributed by atoms with E-state index in [1.165, 1.54) is 35.6 Å². The van der Waals surface area contributed by atoms with Crippen molar-refractivity contribution >= 4 is 16.9 Å². The number of ether oxygens (including phenoxy) is 1. The van der Waals surface area contributed by atoms with Gasteiger partial charge in [0.05, 0.1) is 18.0 Å². The minimum atomic E-state index is -0.388. The molecule has 0 radical (unpaired) electrons. The molecule has 20 heavy (non-hydrogen) atoms. The molecule has 0 spiro atoms. The Kier molecular flexibility index (Phi) is 2.47. The number of carbonyl (C=O) groups excluding carboxylic acids is 1. The van der Waals surface area contributed by atoms with Gasteiger partial charge in [-0.25, -0.2) is 0 Å². The van der Waals surface area contributed by atoms with Gasteiger partial charge in [-0.15, -0.1) is 0 Å². The van der Waals surface area contributed by atoms with Crippen molar-refractivity contribution in [2.75, 3.05) is 7.11 Å². The number of aromatic nitrogens is 1. The number of esters is 1. The van der Waals surface area contributed by atoms with Crippen LogP contribution in [-0.2, 0) is 27.9 Å². The third-order valence-electron chi connectivity index (χ3n) is 5.13. The first-order chi connectivity index (χ1) is 9.76. The van der Waals surface area contributed by atoms with Crippen LogP contribution in [0.2, 0.25) is 0 Å². The highest BCUT2D eigenvalue weighted by Gasteiger charge is 2.48. The minimum Gasteiger partial charge on any atom is -0.468 e. The summed E-state index contributed by atoms with van der Waals surface area (Å²) in [7, 11) is 1.51. The Hall–Kier alpha value is -1.77. The predicted octanol–water partition coefficient (Wildman–Crippen LogP) is 3.18. The van der Waals surface area contributed by atoms with E-state index in [4.69, 9.17) is 4.74 Å². The SMILES string of the molecule is COC(=O)C1(c2cn3c4c(cccc24)CCC3)CCC1. The summed E-state index contributed by atoms with van der Waals surface area (Å²) in [5.74, 6) is -0.0625.